The van der Waals surface area contributed by atoms with Gasteiger partial charge in [0.2, 0.25) is 0 Å². The molecular weight excluding hydrogens is 408 g/mol. The second-order valence-electron chi connectivity index (χ2n) is 7.21. The lowest BCUT2D eigenvalue weighted by Gasteiger charge is -2.21. The lowest BCUT2D eigenvalue weighted by Crippen LogP contribution is -2.32. The number of nitrogens with zero attached hydrogens (tertiary/aromatic N) is 1. The van der Waals surface area contributed by atoms with E-state index in [0.29, 0.717) is 5.56 Å². The van der Waals surface area contributed by atoms with Crippen molar-refractivity contribution in [2.45, 2.75) is 71.8 Å². The molecule has 0 bridgehead atoms. The summed E-state index contributed by atoms with van der Waals surface area (Å²) >= 11 is 0. The maximum Gasteiger partial charge on any atom is 0.446 e. The van der Waals surface area contributed by atoms with Crippen LogP contribution in [0.4, 0.5) is 0 Å². The fourth-order valence-corrected chi connectivity index (χ4v) is 2.98. The lowest BCUT2D eigenvalue weighted by molar-refractivity contribution is -0.138. The third kappa shape index (κ3) is 15.2. The van der Waals surface area contributed by atoms with Crippen molar-refractivity contribution in [1.29, 1.82) is 0 Å². The van der Waals surface area contributed by atoms with Gasteiger partial charge in [0.25, 0.3) is 0 Å². The standard InChI is InChI=1S/C12H27N.C9H11NO6S/c1-4-7-10-13(11-8-5-2)12-9-6-3;10-8(9(11)12)5-6-1-3-7(4-2-6)16-17(13,14)15/h4-12H2,1-3H3;1-4,8H,5,10H2,(H,11,12)(H,13,14,15). The monoisotopic (exact) mass is 446 g/mol. The molecule has 174 valence electrons. The van der Waals surface area contributed by atoms with Crippen LogP contribution in [0.25, 0.3) is 0 Å². The van der Waals surface area contributed by atoms with Gasteiger partial charge in [-0.15, -0.1) is 0 Å². The Labute approximate surface area is 181 Å². The van der Waals surface area contributed by atoms with Crippen LogP contribution in [-0.4, -0.2) is 54.6 Å². The summed E-state index contributed by atoms with van der Waals surface area (Å²) in [6.07, 6.45) is 8.20. The maximum absolute atomic E-state index is 10.5. The van der Waals surface area contributed by atoms with Gasteiger partial charge in [-0.2, -0.15) is 8.42 Å². The summed E-state index contributed by atoms with van der Waals surface area (Å²) in [6.45, 7) is 10.8. The minimum atomic E-state index is -4.55. The van der Waals surface area contributed by atoms with E-state index in [4.69, 9.17) is 15.4 Å². The van der Waals surface area contributed by atoms with Crippen molar-refractivity contribution >= 4 is 16.4 Å². The molecular formula is C21H38N2O6S. The summed E-state index contributed by atoms with van der Waals surface area (Å²) in [5.41, 5.74) is 5.94. The zero-order valence-electron chi connectivity index (χ0n) is 18.4. The van der Waals surface area contributed by atoms with Crippen LogP contribution in [0.1, 0.15) is 64.9 Å². The van der Waals surface area contributed by atoms with Gasteiger partial charge in [0.05, 0.1) is 0 Å². The van der Waals surface area contributed by atoms with E-state index in [9.17, 15) is 13.2 Å². The topological polar surface area (TPSA) is 130 Å². The van der Waals surface area contributed by atoms with E-state index in [-0.39, 0.29) is 12.2 Å². The third-order valence-corrected chi connectivity index (χ3v) is 4.78. The molecule has 1 aromatic rings. The first-order valence-corrected chi connectivity index (χ1v) is 12.0. The van der Waals surface area contributed by atoms with E-state index in [0.717, 1.165) is 0 Å². The molecule has 0 fully saturated rings. The predicted octanol–water partition coefficient (Wildman–Crippen LogP) is 3.51. The first-order chi connectivity index (χ1) is 14.1. The number of aliphatic carboxylic acids is 1. The quantitative estimate of drug-likeness (QED) is 0.370. The number of carbonyl (C=O) groups is 1. The molecule has 30 heavy (non-hydrogen) atoms. The number of hydrogen-bond donors (Lipinski definition) is 3. The van der Waals surface area contributed by atoms with Gasteiger partial charge in [-0.3, -0.25) is 9.35 Å². The first kappa shape index (κ1) is 28.3. The zero-order chi connectivity index (χ0) is 23.0. The molecule has 0 aliphatic rings. The highest BCUT2D eigenvalue weighted by molar-refractivity contribution is 7.81. The van der Waals surface area contributed by atoms with Gasteiger partial charge in [-0.05, 0) is 63.0 Å². The molecule has 0 amide bonds. The van der Waals surface area contributed by atoms with Crippen LogP contribution in [0.3, 0.4) is 0 Å². The van der Waals surface area contributed by atoms with Crippen LogP contribution in [0.2, 0.25) is 0 Å². The Balaban J connectivity index is 0.000000584. The van der Waals surface area contributed by atoms with Crippen LogP contribution in [0, 0.1) is 0 Å². The molecule has 9 heteroatoms. The van der Waals surface area contributed by atoms with Gasteiger partial charge >= 0.3 is 16.4 Å². The Bertz CT molecular complexity index is 660. The molecule has 8 nitrogen and oxygen atoms in total. The molecule has 0 radical (unpaired) electrons. The van der Waals surface area contributed by atoms with Crippen LogP contribution in [-0.2, 0) is 21.6 Å². The predicted molar refractivity (Wildman–Crippen MR) is 119 cm³/mol. The molecule has 0 aromatic heterocycles. The SMILES string of the molecule is CCCCN(CCCC)CCCC.NC(Cc1ccc(OS(=O)(=O)O)cc1)C(=O)O. The number of nitrogens with two attached hydrogens (primary N) is 1. The van der Waals surface area contributed by atoms with Crippen molar-refractivity contribution in [1.82, 2.24) is 4.90 Å². The third-order valence-electron chi connectivity index (χ3n) is 4.38. The number of rotatable bonds is 14. The van der Waals surface area contributed by atoms with Crippen molar-refractivity contribution in [2.24, 2.45) is 5.73 Å². The van der Waals surface area contributed by atoms with Crippen LogP contribution in [0.5, 0.6) is 5.75 Å². The molecule has 0 aliphatic carbocycles. The van der Waals surface area contributed by atoms with Crippen LogP contribution in [0.15, 0.2) is 24.3 Å². The summed E-state index contributed by atoms with van der Waals surface area (Å²) in [5, 5.41) is 8.59. The average molecular weight is 447 g/mol. The molecule has 0 aliphatic heterocycles. The number of hydrogen-bond acceptors (Lipinski definition) is 6. The van der Waals surface area contributed by atoms with Gasteiger partial charge in [-0.1, -0.05) is 52.2 Å². The highest BCUT2D eigenvalue weighted by Gasteiger charge is 2.12. The van der Waals surface area contributed by atoms with Crippen LogP contribution >= 0.6 is 0 Å². The number of carboxylic acids is 1. The maximum atomic E-state index is 10.5. The molecule has 0 spiro atoms. The first-order valence-electron chi connectivity index (χ1n) is 10.6. The molecule has 0 saturated carbocycles. The van der Waals surface area contributed by atoms with E-state index in [1.807, 2.05) is 0 Å². The summed E-state index contributed by atoms with van der Waals surface area (Å²) in [5.74, 6) is -1.19. The fourth-order valence-electron chi connectivity index (χ4n) is 2.62. The van der Waals surface area contributed by atoms with E-state index in [1.54, 1.807) is 0 Å². The number of carboxylic acid groups (broad SMARTS) is 1. The molecule has 4 N–H and O–H groups in total. The van der Waals surface area contributed by atoms with E-state index >= 15 is 0 Å². The van der Waals surface area contributed by atoms with Crippen molar-refractivity contribution in [2.75, 3.05) is 19.6 Å². The number of unbranched alkanes of at least 4 members (excludes halogenated alkanes) is 3. The summed E-state index contributed by atoms with van der Waals surface area (Å²) in [4.78, 5) is 13.1. The minimum Gasteiger partial charge on any atom is -0.480 e. The molecule has 1 rings (SSSR count). The molecule has 1 aromatic carbocycles. The summed E-state index contributed by atoms with van der Waals surface area (Å²) < 4.78 is 33.4. The largest absolute Gasteiger partial charge is 0.480 e. The Kier molecular flexibility index (Phi) is 15.2. The average Bonchev–Trinajstić information content (AvgIpc) is 2.68. The second-order valence-corrected chi connectivity index (χ2v) is 8.23. The van der Waals surface area contributed by atoms with Gasteiger partial charge in [0.15, 0.2) is 0 Å². The highest BCUT2D eigenvalue weighted by atomic mass is 32.3. The zero-order valence-corrected chi connectivity index (χ0v) is 19.2. The van der Waals surface area contributed by atoms with Crippen molar-refractivity contribution in [3.8, 4) is 5.75 Å². The lowest BCUT2D eigenvalue weighted by atomic mass is 10.1. The fraction of sp³-hybridized carbons (Fsp3) is 0.667. The highest BCUT2D eigenvalue weighted by Crippen LogP contribution is 2.14. The Morgan fingerprint density at radius 1 is 1.00 bits per heavy atom. The van der Waals surface area contributed by atoms with Crippen molar-refractivity contribution in [3.63, 3.8) is 0 Å². The second kappa shape index (κ2) is 16.1. The minimum absolute atomic E-state index is 0.0693. The molecule has 1 unspecified atom stereocenters. The van der Waals surface area contributed by atoms with E-state index in [1.165, 1.54) is 82.4 Å². The Morgan fingerprint density at radius 3 is 1.77 bits per heavy atom. The van der Waals surface area contributed by atoms with Gasteiger partial charge in [-0.25, -0.2) is 0 Å². The smallest absolute Gasteiger partial charge is 0.446 e. The molecule has 0 heterocycles. The Morgan fingerprint density at radius 2 is 1.43 bits per heavy atom. The molecule has 1 atom stereocenters. The molecule has 0 saturated heterocycles. The van der Waals surface area contributed by atoms with Gasteiger partial charge < -0.3 is 19.9 Å². The summed E-state index contributed by atoms with van der Waals surface area (Å²) in [7, 11) is -4.55. The summed E-state index contributed by atoms with van der Waals surface area (Å²) in [6, 6.07) is 4.48. The van der Waals surface area contributed by atoms with Gasteiger partial charge in [0, 0.05) is 0 Å². The van der Waals surface area contributed by atoms with Gasteiger partial charge in [0.1, 0.15) is 11.8 Å². The van der Waals surface area contributed by atoms with E-state index in [2.05, 4.69) is 29.9 Å². The van der Waals surface area contributed by atoms with Crippen molar-refractivity contribution < 1.29 is 27.1 Å². The number of benzene rings is 1. The van der Waals surface area contributed by atoms with E-state index < -0.39 is 22.4 Å². The van der Waals surface area contributed by atoms with Crippen LogP contribution < -0.4 is 9.92 Å². The Hall–Kier alpha value is -1.68. The van der Waals surface area contributed by atoms with Crippen molar-refractivity contribution in [3.05, 3.63) is 29.8 Å². The normalized spacial score (nSPS) is 12.2.